The molecular formula is C16H22N2O2S. The Morgan fingerprint density at radius 1 is 1.05 bits per heavy atom. The lowest BCUT2D eigenvalue weighted by atomic mass is 10.0. The number of fused-ring (bicyclic) bond motifs is 3. The highest BCUT2D eigenvalue weighted by atomic mass is 32.2. The second-order valence-electron chi connectivity index (χ2n) is 6.71. The van der Waals surface area contributed by atoms with Crippen molar-refractivity contribution in [1.82, 2.24) is 10.0 Å². The van der Waals surface area contributed by atoms with Gasteiger partial charge in [0.1, 0.15) is 0 Å². The first-order valence-electron chi connectivity index (χ1n) is 8.00. The summed E-state index contributed by atoms with van der Waals surface area (Å²) in [5.41, 5.74) is 2.53. The van der Waals surface area contributed by atoms with E-state index in [2.05, 4.69) is 10.0 Å². The van der Waals surface area contributed by atoms with Crippen LogP contribution in [-0.2, 0) is 22.9 Å². The molecule has 2 atom stereocenters. The van der Waals surface area contributed by atoms with Crippen molar-refractivity contribution >= 4 is 10.0 Å². The fourth-order valence-corrected chi connectivity index (χ4v) is 5.47. The SMILES string of the molecule is O=S(=O)(NC1CC2CCC(C1)N2)c1ccc2c(c1)CCC2. The second-order valence-corrected chi connectivity index (χ2v) is 8.43. The van der Waals surface area contributed by atoms with Gasteiger partial charge in [-0.1, -0.05) is 6.07 Å². The van der Waals surface area contributed by atoms with Gasteiger partial charge in [-0.3, -0.25) is 0 Å². The quantitative estimate of drug-likeness (QED) is 0.894. The molecule has 0 radical (unpaired) electrons. The van der Waals surface area contributed by atoms with Crippen molar-refractivity contribution in [2.24, 2.45) is 0 Å². The number of hydrogen-bond donors (Lipinski definition) is 2. The van der Waals surface area contributed by atoms with Gasteiger partial charge < -0.3 is 5.32 Å². The molecular weight excluding hydrogens is 284 g/mol. The van der Waals surface area contributed by atoms with Gasteiger partial charge in [0.2, 0.25) is 10.0 Å². The Kier molecular flexibility index (Phi) is 3.32. The molecule has 4 nitrogen and oxygen atoms in total. The number of sulfonamides is 1. The van der Waals surface area contributed by atoms with Gasteiger partial charge in [-0.05, 0) is 68.2 Å². The zero-order valence-electron chi connectivity index (χ0n) is 12.1. The predicted molar refractivity (Wildman–Crippen MR) is 81.8 cm³/mol. The van der Waals surface area contributed by atoms with E-state index < -0.39 is 10.0 Å². The van der Waals surface area contributed by atoms with Gasteiger partial charge in [-0.15, -0.1) is 0 Å². The van der Waals surface area contributed by atoms with Gasteiger partial charge in [0.15, 0.2) is 0 Å². The average molecular weight is 306 g/mol. The largest absolute Gasteiger partial charge is 0.311 e. The predicted octanol–water partition coefficient (Wildman–Crippen LogP) is 1.74. The lowest BCUT2D eigenvalue weighted by Crippen LogP contribution is -2.47. The standard InChI is InChI=1S/C16H22N2O2S/c19-21(20,16-7-4-11-2-1-3-12(11)8-16)18-15-9-13-5-6-14(10-15)17-13/h4,7-8,13-15,17-18H,1-3,5-6,9-10H2. The van der Waals surface area contributed by atoms with Crippen LogP contribution in [0.15, 0.2) is 23.1 Å². The molecule has 3 aliphatic rings. The highest BCUT2D eigenvalue weighted by Crippen LogP contribution is 2.29. The lowest BCUT2D eigenvalue weighted by Gasteiger charge is -2.29. The first kappa shape index (κ1) is 13.7. The topological polar surface area (TPSA) is 58.2 Å². The maximum Gasteiger partial charge on any atom is 0.240 e. The summed E-state index contributed by atoms with van der Waals surface area (Å²) < 4.78 is 28.1. The van der Waals surface area contributed by atoms with E-state index in [0.29, 0.717) is 17.0 Å². The van der Waals surface area contributed by atoms with Crippen molar-refractivity contribution in [3.63, 3.8) is 0 Å². The van der Waals surface area contributed by atoms with Crippen LogP contribution in [0.2, 0.25) is 0 Å². The fraction of sp³-hybridized carbons (Fsp3) is 0.625. The Morgan fingerprint density at radius 3 is 2.52 bits per heavy atom. The van der Waals surface area contributed by atoms with E-state index in [4.69, 9.17) is 0 Å². The monoisotopic (exact) mass is 306 g/mol. The van der Waals surface area contributed by atoms with Gasteiger partial charge in [-0.2, -0.15) is 0 Å². The molecule has 5 heteroatoms. The normalized spacial score (nSPS) is 31.3. The van der Waals surface area contributed by atoms with E-state index in [1.807, 2.05) is 12.1 Å². The van der Waals surface area contributed by atoms with Gasteiger partial charge in [0.25, 0.3) is 0 Å². The number of hydrogen-bond acceptors (Lipinski definition) is 3. The molecule has 2 fully saturated rings. The third-order valence-electron chi connectivity index (χ3n) is 5.18. The molecule has 2 unspecified atom stereocenters. The molecule has 0 aromatic heterocycles. The lowest BCUT2D eigenvalue weighted by molar-refractivity contribution is 0.345. The Balaban J connectivity index is 1.53. The van der Waals surface area contributed by atoms with E-state index in [9.17, 15) is 8.42 Å². The average Bonchev–Trinajstić information content (AvgIpc) is 3.04. The summed E-state index contributed by atoms with van der Waals surface area (Å²) in [5.74, 6) is 0. The maximum absolute atomic E-state index is 12.6. The van der Waals surface area contributed by atoms with Crippen molar-refractivity contribution < 1.29 is 8.42 Å². The van der Waals surface area contributed by atoms with Crippen LogP contribution in [-0.4, -0.2) is 26.5 Å². The van der Waals surface area contributed by atoms with E-state index in [1.165, 1.54) is 24.0 Å². The summed E-state index contributed by atoms with van der Waals surface area (Å²) in [7, 11) is -3.38. The fourth-order valence-electron chi connectivity index (χ4n) is 4.16. The van der Waals surface area contributed by atoms with Gasteiger partial charge in [0.05, 0.1) is 4.90 Å². The first-order valence-corrected chi connectivity index (χ1v) is 9.49. The molecule has 21 heavy (non-hydrogen) atoms. The maximum atomic E-state index is 12.6. The van der Waals surface area contributed by atoms with Crippen LogP contribution >= 0.6 is 0 Å². The van der Waals surface area contributed by atoms with E-state index in [0.717, 1.165) is 32.1 Å². The van der Waals surface area contributed by atoms with E-state index in [-0.39, 0.29) is 6.04 Å². The highest BCUT2D eigenvalue weighted by molar-refractivity contribution is 7.89. The van der Waals surface area contributed by atoms with Crippen molar-refractivity contribution in [1.29, 1.82) is 0 Å². The number of aryl methyl sites for hydroxylation is 2. The van der Waals surface area contributed by atoms with Crippen LogP contribution in [0.25, 0.3) is 0 Å². The third-order valence-corrected chi connectivity index (χ3v) is 6.69. The molecule has 2 bridgehead atoms. The van der Waals surface area contributed by atoms with Crippen molar-refractivity contribution in [2.75, 3.05) is 0 Å². The number of piperidine rings is 1. The van der Waals surface area contributed by atoms with Gasteiger partial charge in [0, 0.05) is 18.1 Å². The van der Waals surface area contributed by atoms with E-state index in [1.54, 1.807) is 6.07 Å². The molecule has 0 amide bonds. The smallest absolute Gasteiger partial charge is 0.240 e. The van der Waals surface area contributed by atoms with Crippen LogP contribution in [0, 0.1) is 0 Å². The Morgan fingerprint density at radius 2 is 1.76 bits per heavy atom. The third kappa shape index (κ3) is 2.62. The zero-order chi connectivity index (χ0) is 14.4. The van der Waals surface area contributed by atoms with Crippen LogP contribution in [0.3, 0.4) is 0 Å². The van der Waals surface area contributed by atoms with Crippen LogP contribution in [0.4, 0.5) is 0 Å². The molecule has 2 saturated heterocycles. The molecule has 2 aliphatic heterocycles. The summed E-state index contributed by atoms with van der Waals surface area (Å²) in [4.78, 5) is 0.439. The minimum atomic E-state index is -3.38. The van der Waals surface area contributed by atoms with Crippen LogP contribution in [0.1, 0.15) is 43.2 Å². The highest BCUT2D eigenvalue weighted by Gasteiger charge is 2.35. The molecule has 114 valence electrons. The Labute approximate surface area is 126 Å². The van der Waals surface area contributed by atoms with E-state index >= 15 is 0 Å². The van der Waals surface area contributed by atoms with Crippen molar-refractivity contribution in [3.05, 3.63) is 29.3 Å². The number of rotatable bonds is 3. The molecule has 2 heterocycles. The molecule has 0 saturated carbocycles. The first-order chi connectivity index (χ1) is 10.1. The summed E-state index contributed by atoms with van der Waals surface area (Å²) in [6.07, 6.45) is 7.44. The summed E-state index contributed by atoms with van der Waals surface area (Å²) in [6, 6.07) is 6.71. The van der Waals surface area contributed by atoms with Crippen LogP contribution in [0.5, 0.6) is 0 Å². The van der Waals surface area contributed by atoms with Crippen molar-refractivity contribution in [3.8, 4) is 0 Å². The second kappa shape index (κ2) is 5.07. The molecule has 1 aliphatic carbocycles. The van der Waals surface area contributed by atoms with Crippen molar-refractivity contribution in [2.45, 2.75) is 68.0 Å². The molecule has 1 aromatic carbocycles. The van der Waals surface area contributed by atoms with Gasteiger partial charge >= 0.3 is 0 Å². The summed E-state index contributed by atoms with van der Waals surface area (Å²) in [5, 5.41) is 3.54. The number of benzene rings is 1. The Hall–Kier alpha value is -0.910. The minimum absolute atomic E-state index is 0.0852. The van der Waals surface area contributed by atoms with Crippen LogP contribution < -0.4 is 10.0 Å². The summed E-state index contributed by atoms with van der Waals surface area (Å²) >= 11 is 0. The molecule has 0 spiro atoms. The zero-order valence-corrected chi connectivity index (χ0v) is 13.0. The molecule has 2 N–H and O–H groups in total. The summed E-state index contributed by atoms with van der Waals surface area (Å²) in [6.45, 7) is 0. The molecule has 1 aromatic rings. The Bertz CT molecular complexity index is 644. The van der Waals surface area contributed by atoms with Gasteiger partial charge in [-0.25, -0.2) is 13.1 Å². The molecule has 4 rings (SSSR count). The minimum Gasteiger partial charge on any atom is -0.311 e. The number of nitrogens with one attached hydrogen (secondary N) is 2.